The molecule has 0 heterocycles. The normalized spacial score (nSPS) is 12.2. The summed E-state index contributed by atoms with van der Waals surface area (Å²) in [6.45, 7) is 0. The van der Waals surface area contributed by atoms with Gasteiger partial charge in [-0.15, -0.1) is 0 Å². The summed E-state index contributed by atoms with van der Waals surface area (Å²) in [6.07, 6.45) is -4.53. The Hall–Kier alpha value is 1.27. The van der Waals surface area contributed by atoms with Crippen LogP contribution in [0, 0.1) is 0 Å². The van der Waals surface area contributed by atoms with E-state index in [0.29, 0.717) is 0 Å². The number of aliphatic hydroxyl groups is 2. The van der Waals surface area contributed by atoms with Crippen molar-refractivity contribution in [1.82, 2.24) is 0 Å². The second-order valence-electron chi connectivity index (χ2n) is 1.57. The Morgan fingerprint density at radius 3 is 1.23 bits per heavy atom. The second kappa shape index (κ2) is 11.3. The molecular weight excluding hydrogens is 321 g/mol. The fourth-order valence-corrected chi connectivity index (χ4v) is 0.270. The third-order valence-corrected chi connectivity index (χ3v) is 0.805. The Balaban J connectivity index is -0.0000000675. The number of aliphatic carboxylic acids is 2. The first-order chi connectivity index (χ1) is 4.46. The Bertz CT molecular complexity index is 150. The van der Waals surface area contributed by atoms with Gasteiger partial charge in [0.25, 0.3) is 0 Å². The minimum absolute atomic E-state index is 0. The summed E-state index contributed by atoms with van der Waals surface area (Å²) in [6, 6.07) is 0. The molecule has 0 rings (SSSR count). The van der Waals surface area contributed by atoms with E-state index in [9.17, 15) is 9.59 Å². The van der Waals surface area contributed by atoms with E-state index in [1.807, 2.05) is 0 Å². The summed E-state index contributed by atoms with van der Waals surface area (Å²) in [4.78, 5) is 19.5. The van der Waals surface area contributed by atoms with E-state index in [1.54, 1.807) is 0 Å². The van der Waals surface area contributed by atoms with Crippen LogP contribution in [0.3, 0.4) is 0 Å². The number of hydrogen-bond donors (Lipinski definition) is 4. The van der Waals surface area contributed by atoms with Gasteiger partial charge in [0.15, 0.2) is 12.2 Å². The molecule has 0 spiro atoms. The number of carbonyl (C=O) groups is 2. The van der Waals surface area contributed by atoms with Crippen molar-refractivity contribution in [3.8, 4) is 0 Å². The van der Waals surface area contributed by atoms with E-state index in [2.05, 4.69) is 0 Å². The topological polar surface area (TPSA) is 147 Å². The molecule has 0 aromatic rings. The molecule has 0 aromatic heterocycles. The van der Waals surface area contributed by atoms with Crippen molar-refractivity contribution in [3.05, 3.63) is 0 Å². The molecule has 0 aliphatic carbocycles. The average Bonchev–Trinajstić information content (AvgIpc) is 1.84. The number of carboxylic acid groups (broad SMARTS) is 2. The zero-order chi connectivity index (χ0) is 8.31. The van der Waals surface area contributed by atoms with Gasteiger partial charge >= 0.3 is 87.8 Å². The summed E-state index contributed by atoms with van der Waals surface area (Å²) >= 11 is 0. The summed E-state index contributed by atoms with van der Waals surface area (Å²) in [5, 5.41) is 32.5. The Morgan fingerprint density at radius 2 is 1.15 bits per heavy atom. The van der Waals surface area contributed by atoms with Gasteiger partial charge < -0.3 is 27.3 Å². The molecule has 2 unspecified atom stereocenters. The van der Waals surface area contributed by atoms with Gasteiger partial charge in [-0.05, 0) is 0 Å². The van der Waals surface area contributed by atoms with Gasteiger partial charge in [-0.2, -0.15) is 0 Å². The molecule has 0 aromatic carbocycles. The van der Waals surface area contributed by atoms with Crippen molar-refractivity contribution in [2.45, 2.75) is 12.2 Å². The number of rotatable bonds is 3. The molecule has 0 aliphatic rings. The zero-order valence-corrected chi connectivity index (χ0v) is 14.1. The summed E-state index contributed by atoms with van der Waals surface area (Å²) in [5.74, 6) is -3.54. The van der Waals surface area contributed by atoms with Crippen molar-refractivity contribution in [3.63, 3.8) is 0 Å². The predicted molar refractivity (Wildman–Crippen MR) is 42.0 cm³/mol. The van der Waals surface area contributed by atoms with Crippen LogP contribution >= 0.6 is 0 Å². The molecule has 76 valence electrons. The van der Waals surface area contributed by atoms with Crippen molar-refractivity contribution in [2.75, 3.05) is 0 Å². The van der Waals surface area contributed by atoms with Gasteiger partial charge in [0.2, 0.25) is 0 Å². The minimum atomic E-state index is -2.27. The van der Waals surface area contributed by atoms with Gasteiger partial charge in [0.05, 0.1) is 0 Å². The van der Waals surface area contributed by atoms with Crippen LogP contribution < -0.4 is 51.4 Å². The van der Waals surface area contributed by atoms with Crippen molar-refractivity contribution >= 4 is 36.4 Å². The quantitative estimate of drug-likeness (QED) is 0.378. The van der Waals surface area contributed by atoms with Crippen molar-refractivity contribution in [1.29, 1.82) is 0 Å². The summed E-state index contributed by atoms with van der Waals surface area (Å²) in [5.41, 5.74) is 0. The van der Waals surface area contributed by atoms with E-state index in [1.165, 1.54) is 0 Å². The summed E-state index contributed by atoms with van der Waals surface area (Å²) < 4.78 is 0. The Kier molecular flexibility index (Phi) is 20.8. The van der Waals surface area contributed by atoms with Crippen LogP contribution in [-0.4, -0.2) is 74.5 Å². The fraction of sp³-hybridized carbons (Fsp3) is 0.500. The molecule has 0 radical (unpaired) electrons. The molecule has 0 fully saturated rings. The van der Waals surface area contributed by atoms with Gasteiger partial charge in [0.1, 0.15) is 0 Å². The third kappa shape index (κ3) is 9.58. The molecular formula is C4H12KO7Sb. The van der Waals surface area contributed by atoms with Crippen LogP contribution in [0.1, 0.15) is 1.43 Å². The molecule has 2 atom stereocenters. The van der Waals surface area contributed by atoms with Crippen LogP contribution in [0.2, 0.25) is 0 Å². The number of aliphatic hydroxyl groups excluding tert-OH is 2. The molecule has 0 saturated carbocycles. The number of carboxylic acids is 2. The van der Waals surface area contributed by atoms with Crippen LogP contribution in [-0.2, 0) is 9.59 Å². The molecule has 9 heteroatoms. The molecule has 0 aliphatic heterocycles. The second-order valence-corrected chi connectivity index (χ2v) is 1.57. The fourth-order valence-electron chi connectivity index (χ4n) is 0.270. The van der Waals surface area contributed by atoms with Crippen LogP contribution in [0.15, 0.2) is 0 Å². The van der Waals surface area contributed by atoms with Crippen LogP contribution in [0.4, 0.5) is 0 Å². The monoisotopic (exact) mass is 332 g/mol. The van der Waals surface area contributed by atoms with Gasteiger partial charge in [0, 0.05) is 0 Å². The third-order valence-electron chi connectivity index (χ3n) is 0.805. The Labute approximate surface area is 135 Å². The van der Waals surface area contributed by atoms with E-state index >= 15 is 0 Å². The molecule has 6 N–H and O–H groups in total. The van der Waals surface area contributed by atoms with Gasteiger partial charge in [-0.1, -0.05) is 0 Å². The first-order valence-corrected chi connectivity index (χ1v) is 2.28. The standard InChI is InChI=1S/C4H6O6.K.H2O.Sb.4H/c5-1(3(7)8)2(6)4(9)10;;;;;;;/h1-2,5-6H,(H,7,8)(H,9,10);;1H2;;;;;/q;+1;;;;;;-1. The van der Waals surface area contributed by atoms with Gasteiger partial charge in [-0.25, -0.2) is 9.59 Å². The van der Waals surface area contributed by atoms with Crippen molar-refractivity contribution < 1.29 is 88.3 Å². The maximum absolute atomic E-state index is 9.77. The molecule has 0 bridgehead atoms. The van der Waals surface area contributed by atoms with E-state index in [-0.39, 0.29) is 82.7 Å². The first kappa shape index (κ1) is 23.8. The Morgan fingerprint density at radius 1 is 1.00 bits per heavy atom. The molecule has 7 nitrogen and oxygen atoms in total. The maximum atomic E-state index is 9.77. The average molecular weight is 333 g/mol. The van der Waals surface area contributed by atoms with Gasteiger partial charge in [-0.3, -0.25) is 0 Å². The van der Waals surface area contributed by atoms with Crippen LogP contribution in [0.5, 0.6) is 0 Å². The molecule has 0 amide bonds. The zero-order valence-electron chi connectivity index (χ0n) is 7.97. The summed E-state index contributed by atoms with van der Waals surface area (Å²) in [7, 11) is 0. The number of hydrogen-bond acceptors (Lipinski definition) is 4. The SMILES string of the molecule is O.O=C(O)C(O)C(O)C(=O)O.[H-].[K+].[SbH3]. The van der Waals surface area contributed by atoms with E-state index in [0.717, 1.165) is 0 Å². The first-order valence-electron chi connectivity index (χ1n) is 2.28. The molecule has 0 saturated heterocycles. The van der Waals surface area contributed by atoms with Crippen molar-refractivity contribution in [2.24, 2.45) is 0 Å². The van der Waals surface area contributed by atoms with E-state index in [4.69, 9.17) is 20.4 Å². The molecule has 13 heavy (non-hydrogen) atoms. The van der Waals surface area contributed by atoms with E-state index < -0.39 is 24.1 Å². The van der Waals surface area contributed by atoms with Crippen LogP contribution in [0.25, 0.3) is 0 Å². The predicted octanol–water partition coefficient (Wildman–Crippen LogP) is -7.01.